The number of piperidine rings is 1. The van der Waals surface area contributed by atoms with Crippen molar-refractivity contribution in [1.82, 2.24) is 16.0 Å². The molecule has 0 aliphatic carbocycles. The molecule has 3 heterocycles. The van der Waals surface area contributed by atoms with Crippen LogP contribution in [0.4, 0.5) is 0 Å². The molecule has 3 N–H and O–H groups in total. The Bertz CT molecular complexity index is 575. The second kappa shape index (κ2) is 5.70. The van der Waals surface area contributed by atoms with Crippen molar-refractivity contribution in [2.75, 3.05) is 7.11 Å². The van der Waals surface area contributed by atoms with Gasteiger partial charge in [-0.15, -0.1) is 11.3 Å². The van der Waals surface area contributed by atoms with Crippen LogP contribution < -0.4 is 16.0 Å². The van der Waals surface area contributed by atoms with Gasteiger partial charge in [0.05, 0.1) is 25.1 Å². The van der Waals surface area contributed by atoms with E-state index in [9.17, 15) is 9.59 Å². The molecule has 1 aromatic heterocycles. The molecular weight excluding hydrogens is 310 g/mol. The molecule has 0 spiro atoms. The van der Waals surface area contributed by atoms with Crippen LogP contribution in [0.3, 0.4) is 0 Å². The van der Waals surface area contributed by atoms with Gasteiger partial charge in [0.1, 0.15) is 0 Å². The minimum Gasteiger partial charge on any atom is -0.469 e. The van der Waals surface area contributed by atoms with Gasteiger partial charge in [-0.05, 0) is 30.1 Å². The van der Waals surface area contributed by atoms with E-state index in [2.05, 4.69) is 16.0 Å². The second-order valence-electron chi connectivity index (χ2n) is 5.07. The summed E-state index contributed by atoms with van der Waals surface area (Å²) in [6, 6.07) is 3.97. The van der Waals surface area contributed by atoms with E-state index in [4.69, 9.17) is 17.0 Å². The van der Waals surface area contributed by atoms with Crippen molar-refractivity contribution in [1.29, 1.82) is 0 Å². The van der Waals surface area contributed by atoms with Crippen molar-refractivity contribution in [3.8, 4) is 0 Å². The smallest absolute Gasteiger partial charge is 0.309 e. The lowest BCUT2D eigenvalue weighted by molar-refractivity contribution is -0.154. The maximum atomic E-state index is 12.2. The lowest BCUT2D eigenvalue weighted by atomic mass is 9.79. The van der Waals surface area contributed by atoms with Crippen LogP contribution in [-0.4, -0.2) is 30.3 Å². The average Bonchev–Trinajstić information content (AvgIpc) is 2.99. The summed E-state index contributed by atoms with van der Waals surface area (Å²) in [5, 5.41) is 11.2. The van der Waals surface area contributed by atoms with Gasteiger partial charge in [-0.2, -0.15) is 0 Å². The number of hydrogen-bond acceptors (Lipinski definition) is 6. The van der Waals surface area contributed by atoms with Gasteiger partial charge in [-0.1, -0.05) is 6.07 Å². The van der Waals surface area contributed by atoms with Gasteiger partial charge in [-0.25, -0.2) is 0 Å². The quantitative estimate of drug-likeness (QED) is 0.543. The number of fused-ring (bicyclic) bond motifs is 1. The Kier molecular flexibility index (Phi) is 3.92. The first-order valence-corrected chi connectivity index (χ1v) is 7.87. The second-order valence-corrected chi connectivity index (χ2v) is 6.45. The van der Waals surface area contributed by atoms with Gasteiger partial charge in [0.15, 0.2) is 5.11 Å². The number of ether oxygens (including phenoxy) is 1. The predicted octanol–water partition coefficient (Wildman–Crippen LogP) is 0.518. The molecular formula is C13H15N3O3S2. The zero-order valence-corrected chi connectivity index (χ0v) is 12.9. The van der Waals surface area contributed by atoms with Gasteiger partial charge in [0.25, 0.3) is 0 Å². The maximum Gasteiger partial charge on any atom is 0.309 e. The highest BCUT2D eigenvalue weighted by atomic mass is 32.1. The minimum absolute atomic E-state index is 0.00319. The summed E-state index contributed by atoms with van der Waals surface area (Å²) in [6.07, 6.45) is 0.159. The van der Waals surface area contributed by atoms with Crippen LogP contribution in [0.15, 0.2) is 17.5 Å². The molecule has 0 bridgehead atoms. The van der Waals surface area contributed by atoms with Crippen LogP contribution >= 0.6 is 23.6 Å². The first-order valence-electron chi connectivity index (χ1n) is 6.59. The minimum atomic E-state index is -0.527. The number of carbonyl (C=O) groups is 2. The normalized spacial score (nSPS) is 31.9. The fraction of sp³-hybridized carbons (Fsp3) is 0.462. The lowest BCUT2D eigenvalue weighted by Crippen LogP contribution is -2.68. The number of nitrogens with one attached hydrogen (secondary N) is 3. The number of thiophene rings is 1. The first-order chi connectivity index (χ1) is 10.1. The van der Waals surface area contributed by atoms with Gasteiger partial charge in [-0.3, -0.25) is 14.9 Å². The van der Waals surface area contributed by atoms with E-state index in [1.165, 1.54) is 7.11 Å². The van der Waals surface area contributed by atoms with Crippen molar-refractivity contribution in [2.24, 2.45) is 11.8 Å². The van der Waals surface area contributed by atoms with Crippen LogP contribution in [-0.2, 0) is 14.3 Å². The molecule has 21 heavy (non-hydrogen) atoms. The molecule has 0 aromatic carbocycles. The predicted molar refractivity (Wildman–Crippen MR) is 81.5 cm³/mol. The summed E-state index contributed by atoms with van der Waals surface area (Å²) in [7, 11) is 1.35. The lowest BCUT2D eigenvalue weighted by Gasteiger charge is -2.43. The summed E-state index contributed by atoms with van der Waals surface area (Å²) in [4.78, 5) is 25.4. The van der Waals surface area contributed by atoms with Crippen molar-refractivity contribution in [3.05, 3.63) is 22.4 Å². The van der Waals surface area contributed by atoms with E-state index in [0.717, 1.165) is 4.88 Å². The van der Waals surface area contributed by atoms with Crippen LogP contribution in [0, 0.1) is 11.8 Å². The number of methoxy groups -OCH3 is 1. The third kappa shape index (κ3) is 2.66. The molecule has 2 aliphatic rings. The van der Waals surface area contributed by atoms with Crippen LogP contribution in [0.5, 0.6) is 0 Å². The highest BCUT2D eigenvalue weighted by Crippen LogP contribution is 2.36. The third-order valence-electron chi connectivity index (χ3n) is 3.88. The maximum absolute atomic E-state index is 12.2. The Balaban J connectivity index is 1.90. The number of esters is 1. The molecule has 1 aromatic rings. The Morgan fingerprint density at radius 1 is 1.52 bits per heavy atom. The Morgan fingerprint density at radius 2 is 2.33 bits per heavy atom. The van der Waals surface area contributed by atoms with Crippen LogP contribution in [0.25, 0.3) is 0 Å². The average molecular weight is 325 g/mol. The molecule has 2 aliphatic heterocycles. The summed E-state index contributed by atoms with van der Waals surface area (Å²) >= 11 is 6.64. The SMILES string of the molecule is COC(=O)C1CC(c2cccs2)NC2NC(=S)NC(=O)C21. The van der Waals surface area contributed by atoms with Gasteiger partial charge >= 0.3 is 5.97 Å². The Hall–Kier alpha value is -1.51. The summed E-state index contributed by atoms with van der Waals surface area (Å²) in [5.41, 5.74) is 0. The molecule has 4 unspecified atom stereocenters. The summed E-state index contributed by atoms with van der Waals surface area (Å²) in [5.74, 6) is -1.63. The standard InChI is InChI=1S/C13H15N3O3S2/c1-19-12(18)6-5-7(8-3-2-4-21-8)14-10-9(6)11(17)16-13(20)15-10/h2-4,6-7,9-10,14H,5H2,1H3,(H2,15,16,17,20). The molecule has 4 atom stereocenters. The summed E-state index contributed by atoms with van der Waals surface area (Å²) in [6.45, 7) is 0. The molecule has 0 radical (unpaired) electrons. The summed E-state index contributed by atoms with van der Waals surface area (Å²) < 4.78 is 4.88. The van der Waals surface area contributed by atoms with Gasteiger partial charge < -0.3 is 15.4 Å². The zero-order chi connectivity index (χ0) is 15.0. The fourth-order valence-corrected chi connectivity index (χ4v) is 3.97. The monoisotopic (exact) mass is 325 g/mol. The van der Waals surface area contributed by atoms with Crippen LogP contribution in [0.2, 0.25) is 0 Å². The van der Waals surface area contributed by atoms with Crippen molar-refractivity contribution in [2.45, 2.75) is 18.6 Å². The van der Waals surface area contributed by atoms with Crippen molar-refractivity contribution < 1.29 is 14.3 Å². The molecule has 3 rings (SSSR count). The third-order valence-corrected chi connectivity index (χ3v) is 5.09. The van der Waals surface area contributed by atoms with E-state index in [-0.39, 0.29) is 29.2 Å². The van der Waals surface area contributed by atoms with Crippen LogP contribution in [0.1, 0.15) is 17.3 Å². The number of amides is 1. The fourth-order valence-electron chi connectivity index (χ4n) is 2.94. The topological polar surface area (TPSA) is 79.5 Å². The molecule has 1 amide bonds. The number of thiocarbonyl (C=S) groups is 1. The highest BCUT2D eigenvalue weighted by Gasteiger charge is 2.48. The molecule has 6 nitrogen and oxygen atoms in total. The van der Waals surface area contributed by atoms with Crippen molar-refractivity contribution in [3.63, 3.8) is 0 Å². The number of hydrogen-bond donors (Lipinski definition) is 3. The molecule has 2 fully saturated rings. The number of rotatable bonds is 2. The molecule has 8 heteroatoms. The van der Waals surface area contributed by atoms with E-state index in [1.54, 1.807) is 11.3 Å². The van der Waals surface area contributed by atoms with Crippen molar-refractivity contribution >= 4 is 40.5 Å². The van der Waals surface area contributed by atoms with Gasteiger partial charge in [0.2, 0.25) is 5.91 Å². The zero-order valence-electron chi connectivity index (χ0n) is 11.3. The van der Waals surface area contributed by atoms with Gasteiger partial charge in [0, 0.05) is 10.9 Å². The Morgan fingerprint density at radius 3 is 3.00 bits per heavy atom. The first kappa shape index (κ1) is 14.4. The number of carbonyl (C=O) groups excluding carboxylic acids is 2. The Labute approximate surface area is 131 Å². The van der Waals surface area contributed by atoms with E-state index in [1.807, 2.05) is 17.5 Å². The largest absolute Gasteiger partial charge is 0.469 e. The van der Waals surface area contributed by atoms with E-state index < -0.39 is 11.8 Å². The highest BCUT2D eigenvalue weighted by molar-refractivity contribution is 7.80. The molecule has 2 saturated heterocycles. The molecule has 0 saturated carbocycles. The van der Waals surface area contributed by atoms with E-state index in [0.29, 0.717) is 6.42 Å². The van der Waals surface area contributed by atoms with E-state index >= 15 is 0 Å². The molecule has 112 valence electrons.